The number of hydrogen-bond donors (Lipinski definition) is 1. The fourth-order valence-electron chi connectivity index (χ4n) is 1.53. The van der Waals surface area contributed by atoms with Crippen molar-refractivity contribution in [1.82, 2.24) is 4.90 Å². The van der Waals surface area contributed by atoms with Crippen LogP contribution in [0.1, 0.15) is 53.4 Å². The summed E-state index contributed by atoms with van der Waals surface area (Å²) in [7, 11) is 0. The molecule has 0 aromatic heterocycles. The van der Waals surface area contributed by atoms with Crippen molar-refractivity contribution >= 4 is 5.91 Å². The van der Waals surface area contributed by atoms with Crippen LogP contribution < -0.4 is 5.73 Å². The molecule has 0 aromatic rings. The van der Waals surface area contributed by atoms with E-state index in [1.807, 2.05) is 18.7 Å². The quantitative estimate of drug-likeness (QED) is 0.693. The molecule has 1 amide bonds. The number of carbonyl (C=O) groups excluding carboxylic acids is 1. The molecule has 0 aliphatic heterocycles. The summed E-state index contributed by atoms with van der Waals surface area (Å²) in [6, 6.07) is -0.339. The Kier molecular flexibility index (Phi) is 8.26. The minimum Gasteiger partial charge on any atom is -0.341 e. The third-order valence-corrected chi connectivity index (χ3v) is 2.88. The van der Waals surface area contributed by atoms with Gasteiger partial charge in [0.05, 0.1) is 6.04 Å². The standard InChI is InChI=1S/C13H28N2O/c1-5-7-9-15(10-8-6-2)13(16)12(14)11(3)4/h11-12H,5-10,14H2,1-4H3/t12-/m1/s1. The molecule has 0 unspecified atom stereocenters. The topological polar surface area (TPSA) is 46.3 Å². The lowest BCUT2D eigenvalue weighted by molar-refractivity contribution is -0.133. The van der Waals surface area contributed by atoms with Gasteiger partial charge in [0.25, 0.3) is 0 Å². The molecular weight excluding hydrogens is 200 g/mol. The third-order valence-electron chi connectivity index (χ3n) is 2.88. The second kappa shape index (κ2) is 8.57. The van der Waals surface area contributed by atoms with Crippen molar-refractivity contribution < 1.29 is 4.79 Å². The fourth-order valence-corrected chi connectivity index (χ4v) is 1.53. The first-order valence-corrected chi connectivity index (χ1v) is 6.58. The lowest BCUT2D eigenvalue weighted by Crippen LogP contribution is -2.47. The minimum absolute atomic E-state index is 0.122. The predicted molar refractivity (Wildman–Crippen MR) is 69.2 cm³/mol. The Hall–Kier alpha value is -0.570. The maximum Gasteiger partial charge on any atom is 0.239 e. The Balaban J connectivity index is 4.29. The van der Waals surface area contributed by atoms with E-state index in [2.05, 4.69) is 13.8 Å². The fraction of sp³-hybridized carbons (Fsp3) is 0.923. The van der Waals surface area contributed by atoms with Gasteiger partial charge < -0.3 is 10.6 Å². The van der Waals surface area contributed by atoms with Crippen LogP contribution in [0.25, 0.3) is 0 Å². The van der Waals surface area contributed by atoms with Gasteiger partial charge in [-0.2, -0.15) is 0 Å². The van der Waals surface area contributed by atoms with Crippen LogP contribution in [0.5, 0.6) is 0 Å². The van der Waals surface area contributed by atoms with Crippen LogP contribution in [0.3, 0.4) is 0 Å². The second-order valence-corrected chi connectivity index (χ2v) is 4.80. The summed E-state index contributed by atoms with van der Waals surface area (Å²) in [6.07, 6.45) is 4.38. The lowest BCUT2D eigenvalue weighted by Gasteiger charge is -2.27. The highest BCUT2D eigenvalue weighted by atomic mass is 16.2. The molecule has 0 bridgehead atoms. The Labute approximate surface area is 100 Å². The number of hydrogen-bond acceptors (Lipinski definition) is 2. The molecule has 0 aromatic carbocycles. The number of carbonyl (C=O) groups is 1. The van der Waals surface area contributed by atoms with Crippen molar-refractivity contribution in [3.63, 3.8) is 0 Å². The summed E-state index contributed by atoms with van der Waals surface area (Å²) in [5, 5.41) is 0. The molecule has 0 spiro atoms. The van der Waals surface area contributed by atoms with E-state index in [1.54, 1.807) is 0 Å². The van der Waals surface area contributed by atoms with Gasteiger partial charge in [-0.25, -0.2) is 0 Å². The van der Waals surface area contributed by atoms with Crippen LogP contribution in [0.15, 0.2) is 0 Å². The van der Waals surface area contributed by atoms with Gasteiger partial charge >= 0.3 is 0 Å². The molecule has 0 fully saturated rings. The van der Waals surface area contributed by atoms with Crippen molar-refractivity contribution in [1.29, 1.82) is 0 Å². The highest BCUT2D eigenvalue weighted by Gasteiger charge is 2.22. The first-order chi connectivity index (χ1) is 7.54. The van der Waals surface area contributed by atoms with Gasteiger partial charge in [-0.15, -0.1) is 0 Å². The van der Waals surface area contributed by atoms with Gasteiger partial charge in [0.1, 0.15) is 0 Å². The summed E-state index contributed by atoms with van der Waals surface area (Å²) in [5.41, 5.74) is 5.91. The summed E-state index contributed by atoms with van der Waals surface area (Å²) < 4.78 is 0. The van der Waals surface area contributed by atoms with Crippen molar-refractivity contribution in [3.05, 3.63) is 0 Å². The van der Waals surface area contributed by atoms with Crippen LogP contribution in [0.4, 0.5) is 0 Å². The first-order valence-electron chi connectivity index (χ1n) is 6.58. The van der Waals surface area contributed by atoms with E-state index in [1.165, 1.54) is 0 Å². The monoisotopic (exact) mass is 228 g/mol. The van der Waals surface area contributed by atoms with Gasteiger partial charge in [-0.3, -0.25) is 4.79 Å². The Bertz CT molecular complexity index is 184. The van der Waals surface area contributed by atoms with E-state index in [4.69, 9.17) is 5.73 Å². The first kappa shape index (κ1) is 15.4. The number of unbranched alkanes of at least 4 members (excludes halogenated alkanes) is 2. The van der Waals surface area contributed by atoms with Gasteiger partial charge in [-0.1, -0.05) is 40.5 Å². The SMILES string of the molecule is CCCCN(CCCC)C(=O)[C@H](N)C(C)C. The Morgan fingerprint density at radius 3 is 1.88 bits per heavy atom. The zero-order valence-electron chi connectivity index (χ0n) is 11.3. The van der Waals surface area contributed by atoms with Crippen molar-refractivity contribution in [2.45, 2.75) is 59.4 Å². The van der Waals surface area contributed by atoms with Gasteiger partial charge in [0, 0.05) is 13.1 Å². The number of nitrogens with zero attached hydrogens (tertiary/aromatic N) is 1. The molecule has 0 aliphatic rings. The summed E-state index contributed by atoms with van der Waals surface area (Å²) in [6.45, 7) is 10.0. The van der Waals surface area contributed by atoms with Crippen LogP contribution >= 0.6 is 0 Å². The molecular formula is C13H28N2O. The van der Waals surface area contributed by atoms with Crippen LogP contribution in [-0.4, -0.2) is 29.9 Å². The maximum atomic E-state index is 12.1. The number of amides is 1. The summed E-state index contributed by atoms with van der Waals surface area (Å²) >= 11 is 0. The molecule has 0 saturated heterocycles. The summed E-state index contributed by atoms with van der Waals surface area (Å²) in [4.78, 5) is 14.0. The van der Waals surface area contributed by atoms with Crippen LogP contribution in [0.2, 0.25) is 0 Å². The molecule has 0 radical (unpaired) electrons. The van der Waals surface area contributed by atoms with E-state index in [0.29, 0.717) is 0 Å². The van der Waals surface area contributed by atoms with Crippen molar-refractivity contribution in [2.24, 2.45) is 11.7 Å². The zero-order valence-corrected chi connectivity index (χ0v) is 11.3. The van der Waals surface area contributed by atoms with Crippen molar-refractivity contribution in [2.75, 3.05) is 13.1 Å². The number of nitrogens with two attached hydrogens (primary N) is 1. The maximum absolute atomic E-state index is 12.1. The van der Waals surface area contributed by atoms with E-state index in [9.17, 15) is 4.79 Å². The van der Waals surface area contributed by atoms with Crippen molar-refractivity contribution in [3.8, 4) is 0 Å². The molecule has 16 heavy (non-hydrogen) atoms. The highest BCUT2D eigenvalue weighted by molar-refractivity contribution is 5.81. The summed E-state index contributed by atoms with van der Waals surface area (Å²) in [5.74, 6) is 0.343. The van der Waals surface area contributed by atoms with Crippen LogP contribution in [0, 0.1) is 5.92 Å². The molecule has 3 nitrogen and oxygen atoms in total. The molecule has 0 heterocycles. The minimum atomic E-state index is -0.339. The van der Waals surface area contributed by atoms with E-state index < -0.39 is 0 Å². The lowest BCUT2D eigenvalue weighted by atomic mass is 10.0. The molecule has 0 aliphatic carbocycles. The van der Waals surface area contributed by atoms with E-state index in [0.717, 1.165) is 38.8 Å². The smallest absolute Gasteiger partial charge is 0.239 e. The van der Waals surface area contributed by atoms with Gasteiger partial charge in [0.2, 0.25) is 5.91 Å². The normalized spacial score (nSPS) is 12.9. The van der Waals surface area contributed by atoms with E-state index >= 15 is 0 Å². The highest BCUT2D eigenvalue weighted by Crippen LogP contribution is 2.06. The van der Waals surface area contributed by atoms with Gasteiger partial charge in [0.15, 0.2) is 0 Å². The van der Waals surface area contributed by atoms with E-state index in [-0.39, 0.29) is 17.9 Å². The molecule has 3 heteroatoms. The predicted octanol–water partition coefficient (Wildman–Crippen LogP) is 2.40. The average molecular weight is 228 g/mol. The van der Waals surface area contributed by atoms with Crippen LogP contribution in [-0.2, 0) is 4.79 Å². The molecule has 0 rings (SSSR count). The third kappa shape index (κ3) is 5.50. The average Bonchev–Trinajstić information content (AvgIpc) is 2.27. The molecule has 96 valence electrons. The number of rotatable bonds is 8. The molecule has 1 atom stereocenters. The molecule has 2 N–H and O–H groups in total. The Morgan fingerprint density at radius 2 is 1.56 bits per heavy atom. The Morgan fingerprint density at radius 1 is 1.12 bits per heavy atom. The van der Waals surface area contributed by atoms with Gasteiger partial charge in [-0.05, 0) is 18.8 Å². The largest absolute Gasteiger partial charge is 0.341 e. The zero-order chi connectivity index (χ0) is 12.6. The second-order valence-electron chi connectivity index (χ2n) is 4.80. The molecule has 0 saturated carbocycles.